The average Bonchev–Trinajstić information content (AvgIpc) is 3.16. The second-order valence-electron chi connectivity index (χ2n) is 5.73. The molecule has 0 atom stereocenters. The van der Waals surface area contributed by atoms with Crippen LogP contribution in [0.4, 0.5) is 0 Å². The largest absolute Gasteiger partial charge is 0.253 e. The Morgan fingerprint density at radius 2 is 1.95 bits per heavy atom. The molecule has 0 amide bonds. The molecule has 4 heteroatoms. The van der Waals surface area contributed by atoms with Crippen molar-refractivity contribution in [3.8, 4) is 11.3 Å². The molecule has 3 rings (SSSR count). The summed E-state index contributed by atoms with van der Waals surface area (Å²) in [5, 5.41) is 7.04. The Morgan fingerprint density at radius 1 is 1.23 bits per heavy atom. The van der Waals surface area contributed by atoms with Gasteiger partial charge in [-0.05, 0) is 32.6 Å². The summed E-state index contributed by atoms with van der Waals surface area (Å²) in [4.78, 5) is 5.61. The van der Waals surface area contributed by atoms with E-state index in [0.717, 1.165) is 28.9 Å². The molecule has 0 bridgehead atoms. The Balaban J connectivity index is 2.08. The second kappa shape index (κ2) is 6.88. The van der Waals surface area contributed by atoms with Gasteiger partial charge in [0.15, 0.2) is 0 Å². The van der Waals surface area contributed by atoms with Crippen LogP contribution in [0.15, 0.2) is 58.0 Å². The van der Waals surface area contributed by atoms with E-state index in [1.165, 1.54) is 24.1 Å². The molecule has 1 aromatic heterocycles. The Morgan fingerprint density at radius 3 is 2.64 bits per heavy atom. The first-order valence-electron chi connectivity index (χ1n) is 7.71. The Labute approximate surface area is 135 Å². The zero-order valence-electron chi connectivity index (χ0n) is 13.0. The van der Waals surface area contributed by atoms with Gasteiger partial charge in [0.05, 0.1) is 12.2 Å². The summed E-state index contributed by atoms with van der Waals surface area (Å²) >= 11 is 1.64. The van der Waals surface area contributed by atoms with Gasteiger partial charge in [-0.25, -0.2) is 4.68 Å². The number of hydrogen-bond acceptors (Lipinski definition) is 3. The van der Waals surface area contributed by atoms with Crippen molar-refractivity contribution in [1.29, 1.82) is 0 Å². The number of benzene rings is 1. The lowest BCUT2D eigenvalue weighted by molar-refractivity contribution is 0.824. The van der Waals surface area contributed by atoms with Gasteiger partial charge in [-0.3, -0.25) is 4.99 Å². The van der Waals surface area contributed by atoms with Crippen LogP contribution in [0.5, 0.6) is 0 Å². The number of thiazole rings is 1. The Kier molecular flexibility index (Phi) is 4.68. The van der Waals surface area contributed by atoms with Gasteiger partial charge in [-0.2, -0.15) is 5.10 Å². The minimum atomic E-state index is 0.652. The van der Waals surface area contributed by atoms with Crippen LogP contribution < -0.4 is 4.80 Å². The predicted octanol–water partition coefficient (Wildman–Crippen LogP) is 4.47. The predicted molar refractivity (Wildman–Crippen MR) is 94.3 cm³/mol. The van der Waals surface area contributed by atoms with Crippen molar-refractivity contribution in [2.75, 3.05) is 6.54 Å². The van der Waals surface area contributed by atoms with Crippen molar-refractivity contribution in [3.63, 3.8) is 0 Å². The lowest BCUT2D eigenvalue weighted by Gasteiger charge is -2.05. The summed E-state index contributed by atoms with van der Waals surface area (Å²) in [6.45, 7) is 6.59. The van der Waals surface area contributed by atoms with Gasteiger partial charge in [0.2, 0.25) is 4.80 Å². The zero-order valence-corrected chi connectivity index (χ0v) is 13.8. The van der Waals surface area contributed by atoms with Crippen LogP contribution in [0.25, 0.3) is 11.3 Å². The van der Waals surface area contributed by atoms with E-state index in [1.807, 2.05) is 17.7 Å². The first kappa shape index (κ1) is 15.0. The van der Waals surface area contributed by atoms with Crippen LogP contribution in [-0.4, -0.2) is 16.9 Å². The molecule has 1 heterocycles. The molecule has 0 unspecified atom stereocenters. The molecule has 1 aliphatic carbocycles. The molecule has 1 aliphatic rings. The van der Waals surface area contributed by atoms with E-state index in [4.69, 9.17) is 5.10 Å². The zero-order chi connectivity index (χ0) is 15.4. The first-order chi connectivity index (χ1) is 10.7. The molecule has 1 saturated carbocycles. The second-order valence-corrected chi connectivity index (χ2v) is 6.56. The van der Waals surface area contributed by atoms with Gasteiger partial charge in [0, 0.05) is 16.7 Å². The highest BCUT2D eigenvalue weighted by Crippen LogP contribution is 2.21. The summed E-state index contributed by atoms with van der Waals surface area (Å²) in [6, 6.07) is 10.4. The summed E-state index contributed by atoms with van der Waals surface area (Å²) < 4.78 is 2.02. The first-order valence-corrected chi connectivity index (χ1v) is 8.59. The van der Waals surface area contributed by atoms with Crippen LogP contribution in [0.2, 0.25) is 0 Å². The van der Waals surface area contributed by atoms with Crippen molar-refractivity contribution in [3.05, 3.63) is 52.7 Å². The molecule has 0 radical (unpaired) electrons. The molecule has 0 N–H and O–H groups in total. The van der Waals surface area contributed by atoms with E-state index in [-0.39, 0.29) is 0 Å². The molecule has 22 heavy (non-hydrogen) atoms. The smallest absolute Gasteiger partial charge is 0.206 e. The van der Waals surface area contributed by atoms with Gasteiger partial charge >= 0.3 is 0 Å². The standard InChI is InChI=1S/C18H21N3S/c1-14(2)12-19-18-21(20-16-10-6-7-11-16)17(13-22-18)15-8-4-3-5-9-15/h3-5,8-9,13H,1,6-7,10-12H2,2H3. The maximum absolute atomic E-state index is 4.89. The number of hydrogen-bond donors (Lipinski definition) is 0. The fourth-order valence-electron chi connectivity index (χ4n) is 2.54. The van der Waals surface area contributed by atoms with Crippen molar-refractivity contribution < 1.29 is 0 Å². The third-order valence-corrected chi connectivity index (χ3v) is 4.52. The summed E-state index contributed by atoms with van der Waals surface area (Å²) in [7, 11) is 0. The molecular formula is C18H21N3S. The van der Waals surface area contributed by atoms with Crippen LogP contribution in [0.3, 0.4) is 0 Å². The number of rotatable bonds is 4. The van der Waals surface area contributed by atoms with Crippen molar-refractivity contribution in [2.45, 2.75) is 32.6 Å². The van der Waals surface area contributed by atoms with Gasteiger partial charge in [-0.1, -0.05) is 42.5 Å². The highest BCUT2D eigenvalue weighted by Gasteiger charge is 2.12. The monoisotopic (exact) mass is 311 g/mol. The van der Waals surface area contributed by atoms with Gasteiger partial charge in [0.1, 0.15) is 0 Å². The molecule has 2 aromatic rings. The molecule has 1 fully saturated rings. The lowest BCUT2D eigenvalue weighted by atomic mass is 10.2. The highest BCUT2D eigenvalue weighted by atomic mass is 32.1. The third-order valence-electron chi connectivity index (χ3n) is 3.66. The molecule has 114 valence electrons. The van der Waals surface area contributed by atoms with Crippen LogP contribution in [-0.2, 0) is 0 Å². The minimum absolute atomic E-state index is 0.652. The van der Waals surface area contributed by atoms with Crippen molar-refractivity contribution >= 4 is 17.0 Å². The Bertz CT molecular complexity index is 742. The fourth-order valence-corrected chi connectivity index (χ4v) is 3.37. The molecule has 1 aromatic carbocycles. The molecule has 0 spiro atoms. The molecule has 0 saturated heterocycles. The van der Waals surface area contributed by atoms with E-state index >= 15 is 0 Å². The molecule has 3 nitrogen and oxygen atoms in total. The third kappa shape index (κ3) is 3.45. The van der Waals surface area contributed by atoms with E-state index in [9.17, 15) is 0 Å². The highest BCUT2D eigenvalue weighted by molar-refractivity contribution is 7.07. The van der Waals surface area contributed by atoms with E-state index in [2.05, 4.69) is 41.2 Å². The van der Waals surface area contributed by atoms with Gasteiger partial charge < -0.3 is 0 Å². The summed E-state index contributed by atoms with van der Waals surface area (Å²) in [5.41, 5.74) is 4.64. The van der Waals surface area contributed by atoms with Crippen molar-refractivity contribution in [2.24, 2.45) is 10.1 Å². The van der Waals surface area contributed by atoms with E-state index in [1.54, 1.807) is 11.3 Å². The quantitative estimate of drug-likeness (QED) is 0.746. The van der Waals surface area contributed by atoms with Gasteiger partial charge in [-0.15, -0.1) is 11.3 Å². The number of nitrogens with zero attached hydrogens (tertiary/aromatic N) is 3. The Hall–Kier alpha value is -1.94. The number of aromatic nitrogens is 1. The fraction of sp³-hybridized carbons (Fsp3) is 0.333. The molecule has 0 aliphatic heterocycles. The minimum Gasteiger partial charge on any atom is -0.253 e. The van der Waals surface area contributed by atoms with Gasteiger partial charge in [0.25, 0.3) is 0 Å². The van der Waals surface area contributed by atoms with E-state index in [0.29, 0.717) is 6.54 Å². The maximum atomic E-state index is 4.89. The topological polar surface area (TPSA) is 29.6 Å². The normalized spacial score (nSPS) is 15.3. The maximum Gasteiger partial charge on any atom is 0.206 e. The van der Waals surface area contributed by atoms with Crippen LogP contribution in [0.1, 0.15) is 32.6 Å². The SMILES string of the molecule is C=C(C)CN=c1scc(-c2ccccc2)n1N=C1CCCC1. The lowest BCUT2D eigenvalue weighted by Crippen LogP contribution is -2.14. The van der Waals surface area contributed by atoms with Crippen LogP contribution in [0, 0.1) is 0 Å². The van der Waals surface area contributed by atoms with E-state index < -0.39 is 0 Å². The summed E-state index contributed by atoms with van der Waals surface area (Å²) in [6.07, 6.45) is 4.72. The average molecular weight is 311 g/mol. The van der Waals surface area contributed by atoms with Crippen molar-refractivity contribution in [1.82, 2.24) is 4.68 Å². The molecular weight excluding hydrogens is 290 g/mol. The summed E-state index contributed by atoms with van der Waals surface area (Å²) in [5.74, 6) is 0. The van der Waals surface area contributed by atoms with Crippen LogP contribution >= 0.6 is 11.3 Å².